The Balaban J connectivity index is 0.000000146. The molecule has 0 unspecified atom stereocenters. The second kappa shape index (κ2) is 24.9. The molecule has 0 radical (unpaired) electrons. The van der Waals surface area contributed by atoms with E-state index in [4.69, 9.17) is 0 Å². The monoisotopic (exact) mass is 879 g/mol. The van der Waals surface area contributed by atoms with Gasteiger partial charge in [-0.05, 0) is 71.5 Å². The van der Waals surface area contributed by atoms with Crippen molar-refractivity contribution < 1.29 is 14.6 Å². The molecule has 0 aromatic heterocycles. The quantitative estimate of drug-likeness (QED) is 0.100. The Kier molecular flexibility index (Phi) is 18.4. The molecule has 9 aromatic rings. The van der Waals surface area contributed by atoms with E-state index >= 15 is 0 Å². The van der Waals surface area contributed by atoms with Crippen LogP contribution in [0, 0.1) is 0 Å². The first-order chi connectivity index (χ1) is 29.3. The molecule has 0 fully saturated rings. The van der Waals surface area contributed by atoms with E-state index in [0.29, 0.717) is 0 Å². The second-order valence-corrected chi connectivity index (χ2v) is 19.7. The molecule has 0 nitrogen and oxygen atoms in total. The molecule has 0 N–H and O–H groups in total. The van der Waals surface area contributed by atoms with Gasteiger partial charge in [-0.25, -0.2) is 0 Å². The Labute approximate surface area is 366 Å². The van der Waals surface area contributed by atoms with Gasteiger partial charge in [0.1, 0.15) is 0 Å². The summed E-state index contributed by atoms with van der Waals surface area (Å²) in [6.07, 6.45) is 0. The van der Waals surface area contributed by atoms with Crippen LogP contribution in [0.15, 0.2) is 273 Å². The topological polar surface area (TPSA) is 0 Å². The summed E-state index contributed by atoms with van der Waals surface area (Å²) in [5.74, 6) is 0. The van der Waals surface area contributed by atoms with Crippen molar-refractivity contribution in [3.8, 4) is 0 Å². The Morgan fingerprint density at radius 3 is 0.339 bits per heavy atom. The molecule has 59 heavy (non-hydrogen) atoms. The fourth-order valence-corrected chi connectivity index (χ4v) is 13.5. The van der Waals surface area contributed by atoms with E-state index in [2.05, 4.69) is 298 Å². The van der Waals surface area contributed by atoms with Crippen LogP contribution in [-0.4, -0.2) is 0 Å². The summed E-state index contributed by atoms with van der Waals surface area (Å²) in [6, 6.07) is 97.0. The summed E-state index contributed by atoms with van der Waals surface area (Å²) in [5, 5.41) is 12.6. The SMILES string of the molecule is [Cl][Ni].c1ccc(P(c2ccccc2)c2ccccc2)cc1.c1ccc(P(c2ccccc2)c2ccccc2)cc1.c1ccc(P(c2ccccc2)c2ccccc2)cc1. The van der Waals surface area contributed by atoms with E-state index < -0.39 is 23.8 Å². The van der Waals surface area contributed by atoms with Gasteiger partial charge in [-0.2, -0.15) is 0 Å². The number of hydrogen-bond donors (Lipinski definition) is 0. The number of hydrogen-bond acceptors (Lipinski definition) is 0. The van der Waals surface area contributed by atoms with E-state index in [9.17, 15) is 0 Å². The maximum atomic E-state index is 4.26. The van der Waals surface area contributed by atoms with Gasteiger partial charge in [0, 0.05) is 0 Å². The third-order valence-corrected chi connectivity index (χ3v) is 16.5. The van der Waals surface area contributed by atoms with Crippen LogP contribution in [0.25, 0.3) is 0 Å². The van der Waals surface area contributed by atoms with Gasteiger partial charge in [0.2, 0.25) is 0 Å². The predicted octanol–water partition coefficient (Wildman–Crippen LogP) is 11.0. The van der Waals surface area contributed by atoms with Crippen molar-refractivity contribution in [3.63, 3.8) is 0 Å². The van der Waals surface area contributed by atoms with Gasteiger partial charge in [0.05, 0.1) is 0 Å². The summed E-state index contributed by atoms with van der Waals surface area (Å²) in [4.78, 5) is 0. The van der Waals surface area contributed by atoms with Crippen LogP contribution < -0.4 is 47.7 Å². The maximum Gasteiger partial charge on any atom is -0.0134 e. The first kappa shape index (κ1) is 43.6. The summed E-state index contributed by atoms with van der Waals surface area (Å²) in [7, 11) is 2.93. The molecule has 0 bridgehead atoms. The van der Waals surface area contributed by atoms with Crippen LogP contribution in [0.1, 0.15) is 0 Å². The number of benzene rings is 9. The van der Waals surface area contributed by atoms with Crippen molar-refractivity contribution in [2.24, 2.45) is 0 Å². The van der Waals surface area contributed by atoms with Crippen LogP contribution in [0.4, 0.5) is 0 Å². The van der Waals surface area contributed by atoms with Crippen LogP contribution in [0.2, 0.25) is 0 Å². The van der Waals surface area contributed by atoms with Gasteiger partial charge in [0.25, 0.3) is 0 Å². The number of halogens is 1. The maximum absolute atomic E-state index is 4.26. The zero-order valence-corrected chi connectivity index (χ0v) is 36.9. The van der Waals surface area contributed by atoms with Crippen LogP contribution in [0.5, 0.6) is 0 Å². The molecule has 0 heterocycles. The fourth-order valence-electron chi connectivity index (χ4n) is 6.54. The standard InChI is InChI=1S/3C18H15P.ClH.Ni/c3*1-4-10-16(11-5-1)19(17-12-6-2-7-13-17)18-14-8-3-9-15-18;;/h3*1-15H;1H;/q;;;;+1/p-1. The first-order valence-electron chi connectivity index (χ1n) is 19.3. The smallest absolute Gasteiger partial charge is 0.0134 e. The number of rotatable bonds is 9. The molecule has 0 amide bonds. The first-order valence-corrected chi connectivity index (χ1v) is 24.7. The minimum absolute atomic E-state index is 0.446. The predicted molar refractivity (Wildman–Crippen MR) is 261 cm³/mol. The molecule has 293 valence electrons. The zero-order valence-electron chi connectivity index (χ0n) is 32.5. The van der Waals surface area contributed by atoms with E-state index in [1.165, 1.54) is 47.7 Å². The third-order valence-electron chi connectivity index (χ3n) is 9.13. The van der Waals surface area contributed by atoms with Gasteiger partial charge in [-0.3, -0.25) is 0 Å². The molecule has 9 rings (SSSR count). The molecule has 9 aromatic carbocycles. The zero-order chi connectivity index (χ0) is 40.7. The summed E-state index contributed by atoms with van der Waals surface area (Å²) < 4.78 is 0. The Morgan fingerprint density at radius 1 is 0.169 bits per heavy atom. The van der Waals surface area contributed by atoms with Gasteiger partial charge in [-0.1, -0.05) is 273 Å². The summed E-state index contributed by atoms with van der Waals surface area (Å²) in [5.41, 5.74) is 0. The van der Waals surface area contributed by atoms with Crippen LogP contribution in [0.3, 0.4) is 0 Å². The van der Waals surface area contributed by atoms with E-state index in [-0.39, 0.29) is 0 Å². The average molecular weight is 881 g/mol. The van der Waals surface area contributed by atoms with Crippen molar-refractivity contribution >= 4 is 81.7 Å². The van der Waals surface area contributed by atoms with Crippen molar-refractivity contribution in [1.82, 2.24) is 0 Å². The van der Waals surface area contributed by atoms with Gasteiger partial charge >= 0.3 is 24.8 Å². The Bertz CT molecular complexity index is 1870. The van der Waals surface area contributed by atoms with Crippen LogP contribution >= 0.6 is 34.0 Å². The molecular weight excluding hydrogens is 836 g/mol. The second-order valence-electron chi connectivity index (χ2n) is 13.0. The van der Waals surface area contributed by atoms with Gasteiger partial charge in [-0.15, -0.1) is 0 Å². The normalized spacial score (nSPS) is 10.3. The van der Waals surface area contributed by atoms with Crippen LogP contribution in [-0.2, 0) is 14.6 Å². The van der Waals surface area contributed by atoms with Crippen molar-refractivity contribution in [1.29, 1.82) is 0 Å². The molecule has 0 aliphatic heterocycles. The summed E-state index contributed by atoms with van der Waals surface area (Å²) in [6.45, 7) is 0. The largest absolute Gasteiger partial charge is 0.0622 e. The molecule has 0 spiro atoms. The van der Waals surface area contributed by atoms with Crippen molar-refractivity contribution in [2.75, 3.05) is 0 Å². The minimum Gasteiger partial charge on any atom is -0.0622 e. The van der Waals surface area contributed by atoms with Crippen molar-refractivity contribution in [3.05, 3.63) is 273 Å². The molecule has 0 saturated heterocycles. The Morgan fingerprint density at radius 2 is 0.254 bits per heavy atom. The average Bonchev–Trinajstić information content (AvgIpc) is 3.34. The molecule has 5 heteroatoms. The Hall–Kier alpha value is -4.95. The molecule has 0 atom stereocenters. The molecule has 0 aliphatic rings. The van der Waals surface area contributed by atoms with Crippen molar-refractivity contribution in [2.45, 2.75) is 0 Å². The third kappa shape index (κ3) is 13.0. The van der Waals surface area contributed by atoms with Gasteiger partial charge in [0.15, 0.2) is 0 Å². The van der Waals surface area contributed by atoms with Gasteiger partial charge < -0.3 is 0 Å². The van der Waals surface area contributed by atoms with E-state index in [0.717, 1.165) is 0 Å². The minimum atomic E-state index is -0.446. The molecule has 0 saturated carbocycles. The fraction of sp³-hybridized carbons (Fsp3) is 0. The van der Waals surface area contributed by atoms with E-state index in [1.54, 1.807) is 0 Å². The molecule has 0 aliphatic carbocycles. The summed E-state index contributed by atoms with van der Waals surface area (Å²) >= 11 is 3.35. The molecular formula is C54H45ClNiP3. The van der Waals surface area contributed by atoms with E-state index in [1.807, 2.05) is 0 Å².